The molecule has 2 N–H and O–H groups in total. The average molecular weight is 475 g/mol. The van der Waals surface area contributed by atoms with Gasteiger partial charge in [-0.15, -0.1) is 0 Å². The van der Waals surface area contributed by atoms with E-state index >= 15 is 0 Å². The SMILES string of the molecule is CC1CCC(CC(=O)c2ccc(OCCO)c(OCCc3cccc(Cl)c3)c2)(C(=O)O)CC1. The number of aliphatic carboxylic acids is 1. The van der Waals surface area contributed by atoms with E-state index in [0.717, 1.165) is 18.4 Å². The molecule has 2 aromatic rings. The summed E-state index contributed by atoms with van der Waals surface area (Å²) in [5.41, 5.74) is 0.398. The molecule has 0 aromatic heterocycles. The monoisotopic (exact) mass is 474 g/mol. The van der Waals surface area contributed by atoms with E-state index in [1.165, 1.54) is 0 Å². The van der Waals surface area contributed by atoms with Crippen molar-refractivity contribution in [1.29, 1.82) is 0 Å². The third-order valence-corrected chi connectivity index (χ3v) is 6.57. The van der Waals surface area contributed by atoms with Crippen molar-refractivity contribution in [1.82, 2.24) is 0 Å². The number of ketones is 1. The van der Waals surface area contributed by atoms with Crippen LogP contribution in [0.3, 0.4) is 0 Å². The molecule has 6 nitrogen and oxygen atoms in total. The van der Waals surface area contributed by atoms with Crippen LogP contribution in [0.4, 0.5) is 0 Å². The Labute approximate surface area is 199 Å². The number of aliphatic hydroxyl groups excluding tert-OH is 1. The number of carbonyl (C=O) groups is 2. The normalized spacial score (nSPS) is 20.3. The van der Waals surface area contributed by atoms with Gasteiger partial charge in [0.2, 0.25) is 0 Å². The van der Waals surface area contributed by atoms with Crippen LogP contribution in [0.25, 0.3) is 0 Å². The number of benzene rings is 2. The van der Waals surface area contributed by atoms with Gasteiger partial charge in [0.05, 0.1) is 18.6 Å². The molecule has 0 saturated heterocycles. The summed E-state index contributed by atoms with van der Waals surface area (Å²) in [5.74, 6) is 0.170. The number of carbonyl (C=O) groups excluding carboxylic acids is 1. The molecule has 1 fully saturated rings. The zero-order valence-electron chi connectivity index (χ0n) is 18.9. The van der Waals surface area contributed by atoms with E-state index in [2.05, 4.69) is 6.92 Å². The topological polar surface area (TPSA) is 93.1 Å². The Hall–Kier alpha value is -2.57. The summed E-state index contributed by atoms with van der Waals surface area (Å²) in [4.78, 5) is 25.2. The Morgan fingerprint density at radius 3 is 2.45 bits per heavy atom. The van der Waals surface area contributed by atoms with Crippen LogP contribution >= 0.6 is 11.6 Å². The lowest BCUT2D eigenvalue weighted by Crippen LogP contribution is -2.37. The van der Waals surface area contributed by atoms with Crippen LogP contribution < -0.4 is 9.47 Å². The first-order valence-electron chi connectivity index (χ1n) is 11.3. The first-order valence-corrected chi connectivity index (χ1v) is 11.7. The van der Waals surface area contributed by atoms with Gasteiger partial charge in [-0.25, -0.2) is 0 Å². The van der Waals surface area contributed by atoms with E-state index in [4.69, 9.17) is 26.2 Å². The fourth-order valence-corrected chi connectivity index (χ4v) is 4.44. The Bertz CT molecular complexity index is 965. The fourth-order valence-electron chi connectivity index (χ4n) is 4.23. The number of hydrogen-bond donors (Lipinski definition) is 2. The quantitative estimate of drug-likeness (QED) is 0.435. The molecule has 3 rings (SSSR count). The lowest BCUT2D eigenvalue weighted by molar-refractivity contribution is -0.151. The van der Waals surface area contributed by atoms with Gasteiger partial charge < -0.3 is 19.7 Å². The minimum absolute atomic E-state index is 0.0339. The van der Waals surface area contributed by atoms with E-state index in [1.807, 2.05) is 18.2 Å². The van der Waals surface area contributed by atoms with Crippen molar-refractivity contribution in [2.45, 2.75) is 45.4 Å². The van der Waals surface area contributed by atoms with E-state index < -0.39 is 11.4 Å². The van der Waals surface area contributed by atoms with Crippen LogP contribution in [0.15, 0.2) is 42.5 Å². The maximum Gasteiger partial charge on any atom is 0.310 e. The molecule has 0 aliphatic heterocycles. The van der Waals surface area contributed by atoms with Crippen LogP contribution in [-0.4, -0.2) is 41.8 Å². The Kier molecular flexibility index (Phi) is 8.75. The second-order valence-corrected chi connectivity index (χ2v) is 9.27. The second-order valence-electron chi connectivity index (χ2n) is 8.83. The molecule has 0 amide bonds. The summed E-state index contributed by atoms with van der Waals surface area (Å²) in [6.45, 7) is 2.40. The predicted octanol–water partition coefficient (Wildman–Crippen LogP) is 5.19. The van der Waals surface area contributed by atoms with E-state index in [9.17, 15) is 14.7 Å². The van der Waals surface area contributed by atoms with Crippen molar-refractivity contribution >= 4 is 23.4 Å². The summed E-state index contributed by atoms with van der Waals surface area (Å²) in [6, 6.07) is 12.4. The van der Waals surface area contributed by atoms with Crippen LogP contribution in [0, 0.1) is 11.3 Å². The Balaban J connectivity index is 1.74. The van der Waals surface area contributed by atoms with Gasteiger partial charge in [0, 0.05) is 23.4 Å². The Morgan fingerprint density at radius 2 is 1.79 bits per heavy atom. The molecule has 2 aromatic carbocycles. The van der Waals surface area contributed by atoms with Crippen molar-refractivity contribution in [3.63, 3.8) is 0 Å². The molecule has 0 heterocycles. The third kappa shape index (κ3) is 6.71. The average Bonchev–Trinajstić information content (AvgIpc) is 2.79. The molecule has 0 atom stereocenters. The van der Waals surface area contributed by atoms with Crippen molar-refractivity contribution in [2.75, 3.05) is 19.8 Å². The van der Waals surface area contributed by atoms with Gasteiger partial charge in [-0.05, 0) is 67.5 Å². The first kappa shape index (κ1) is 25.1. The highest BCUT2D eigenvalue weighted by Gasteiger charge is 2.43. The standard InChI is InChI=1S/C26H31ClO6/c1-18-7-10-26(11-8-18,25(30)31)17-22(29)20-5-6-23(33-14-12-28)24(16-20)32-13-9-19-3-2-4-21(27)15-19/h2-6,15-16,18,28H,7-14,17H2,1H3,(H,30,31). The molecular weight excluding hydrogens is 444 g/mol. The van der Waals surface area contributed by atoms with E-state index in [1.54, 1.807) is 24.3 Å². The highest BCUT2D eigenvalue weighted by atomic mass is 35.5. The van der Waals surface area contributed by atoms with E-state index in [0.29, 0.717) is 53.9 Å². The Morgan fingerprint density at radius 1 is 1.06 bits per heavy atom. The highest BCUT2D eigenvalue weighted by molar-refractivity contribution is 6.30. The highest BCUT2D eigenvalue weighted by Crippen LogP contribution is 2.43. The van der Waals surface area contributed by atoms with Gasteiger partial charge in [-0.2, -0.15) is 0 Å². The van der Waals surface area contributed by atoms with E-state index in [-0.39, 0.29) is 25.4 Å². The molecule has 0 spiro atoms. The van der Waals surface area contributed by atoms with Crippen LogP contribution in [0.5, 0.6) is 11.5 Å². The number of Topliss-reactive ketones (excluding diaryl/α,β-unsaturated/α-hetero) is 1. The first-order chi connectivity index (χ1) is 15.8. The smallest absolute Gasteiger partial charge is 0.310 e. The summed E-state index contributed by atoms with van der Waals surface area (Å²) in [6.07, 6.45) is 3.22. The van der Waals surface area contributed by atoms with Gasteiger partial charge >= 0.3 is 5.97 Å². The molecule has 1 aliphatic carbocycles. The summed E-state index contributed by atoms with van der Waals surface area (Å²) in [5, 5.41) is 19.6. The lowest BCUT2D eigenvalue weighted by Gasteiger charge is -2.35. The number of carboxylic acid groups (broad SMARTS) is 1. The van der Waals surface area contributed by atoms with Gasteiger partial charge in [0.1, 0.15) is 6.61 Å². The minimum Gasteiger partial charge on any atom is -0.489 e. The molecular formula is C26H31ClO6. The van der Waals surface area contributed by atoms with Gasteiger partial charge in [0.25, 0.3) is 0 Å². The number of aliphatic hydroxyl groups is 1. The number of ether oxygens (including phenoxy) is 2. The molecule has 0 bridgehead atoms. The molecule has 0 unspecified atom stereocenters. The van der Waals surface area contributed by atoms with Crippen LogP contribution in [0.2, 0.25) is 5.02 Å². The molecule has 0 radical (unpaired) electrons. The van der Waals surface area contributed by atoms with Crippen LogP contribution in [-0.2, 0) is 11.2 Å². The van der Waals surface area contributed by atoms with Crippen LogP contribution in [0.1, 0.15) is 54.9 Å². The van der Waals surface area contributed by atoms with Gasteiger partial charge in [0.15, 0.2) is 17.3 Å². The van der Waals surface area contributed by atoms with Crippen molar-refractivity contribution in [2.24, 2.45) is 11.3 Å². The number of carboxylic acids is 1. The third-order valence-electron chi connectivity index (χ3n) is 6.34. The molecule has 7 heteroatoms. The number of halogens is 1. The van der Waals surface area contributed by atoms with Crippen molar-refractivity contribution in [3.8, 4) is 11.5 Å². The summed E-state index contributed by atoms with van der Waals surface area (Å²) < 4.78 is 11.5. The number of hydrogen-bond acceptors (Lipinski definition) is 5. The predicted molar refractivity (Wildman–Crippen MR) is 126 cm³/mol. The largest absolute Gasteiger partial charge is 0.489 e. The lowest BCUT2D eigenvalue weighted by atomic mass is 9.68. The summed E-state index contributed by atoms with van der Waals surface area (Å²) >= 11 is 6.04. The fraction of sp³-hybridized carbons (Fsp3) is 0.462. The molecule has 1 saturated carbocycles. The second kappa shape index (κ2) is 11.5. The maximum atomic E-state index is 13.1. The summed E-state index contributed by atoms with van der Waals surface area (Å²) in [7, 11) is 0. The van der Waals surface area contributed by atoms with Gasteiger partial charge in [-0.3, -0.25) is 9.59 Å². The minimum atomic E-state index is -1.01. The maximum absolute atomic E-state index is 13.1. The number of rotatable bonds is 11. The van der Waals surface area contributed by atoms with Crippen molar-refractivity contribution < 1.29 is 29.3 Å². The van der Waals surface area contributed by atoms with Crippen molar-refractivity contribution in [3.05, 3.63) is 58.6 Å². The molecule has 33 heavy (non-hydrogen) atoms. The molecule has 1 aliphatic rings. The molecule has 178 valence electrons. The van der Waals surface area contributed by atoms with Gasteiger partial charge in [-0.1, -0.05) is 30.7 Å². The zero-order chi connectivity index (χ0) is 23.8. The zero-order valence-corrected chi connectivity index (χ0v) is 19.6.